The van der Waals surface area contributed by atoms with Crippen LogP contribution in [0.25, 0.3) is 11.5 Å². The Morgan fingerprint density at radius 3 is 2.84 bits per heavy atom. The van der Waals surface area contributed by atoms with Crippen LogP contribution in [-0.2, 0) is 6.54 Å². The first-order valence-electron chi connectivity index (χ1n) is 6.11. The first-order chi connectivity index (χ1) is 9.20. The molecule has 0 aliphatic carbocycles. The number of nitrogens with zero attached hydrogens (tertiary/aromatic N) is 3. The van der Waals surface area contributed by atoms with Crippen molar-refractivity contribution in [3.05, 3.63) is 34.6 Å². The van der Waals surface area contributed by atoms with E-state index in [0.29, 0.717) is 18.3 Å². The van der Waals surface area contributed by atoms with Crippen molar-refractivity contribution in [1.82, 2.24) is 20.4 Å². The third-order valence-electron chi connectivity index (χ3n) is 2.72. The fourth-order valence-electron chi connectivity index (χ4n) is 1.67. The van der Waals surface area contributed by atoms with Crippen molar-refractivity contribution < 1.29 is 4.42 Å². The summed E-state index contributed by atoms with van der Waals surface area (Å²) in [5, 5.41) is 11.3. The maximum atomic E-state index is 5.69. The lowest BCUT2D eigenvalue weighted by molar-refractivity contribution is 0.291. The Kier molecular flexibility index (Phi) is 5.07. The summed E-state index contributed by atoms with van der Waals surface area (Å²) in [6.45, 7) is 2.52. The average molecular weight is 325 g/mol. The zero-order chi connectivity index (χ0) is 13.7. The fourth-order valence-corrected chi connectivity index (χ4v) is 2.13. The topological polar surface area (TPSA) is 54.2 Å². The van der Waals surface area contributed by atoms with E-state index in [4.69, 9.17) is 4.42 Å². The zero-order valence-electron chi connectivity index (χ0n) is 11.1. The molecule has 0 saturated heterocycles. The molecule has 1 aromatic heterocycles. The molecule has 1 heterocycles. The molecule has 19 heavy (non-hydrogen) atoms. The highest BCUT2D eigenvalue weighted by Gasteiger charge is 2.12. The molecule has 5 nitrogen and oxygen atoms in total. The molecule has 0 spiro atoms. The van der Waals surface area contributed by atoms with Gasteiger partial charge in [-0.1, -0.05) is 12.1 Å². The van der Waals surface area contributed by atoms with Crippen molar-refractivity contribution in [3.8, 4) is 11.5 Å². The first-order valence-corrected chi connectivity index (χ1v) is 6.90. The van der Waals surface area contributed by atoms with Crippen LogP contribution in [0.5, 0.6) is 0 Å². The minimum absolute atomic E-state index is 0.546. The summed E-state index contributed by atoms with van der Waals surface area (Å²) in [7, 11) is 3.96. The van der Waals surface area contributed by atoms with Crippen molar-refractivity contribution in [1.29, 1.82) is 0 Å². The number of halogens is 1. The van der Waals surface area contributed by atoms with Gasteiger partial charge >= 0.3 is 0 Å². The summed E-state index contributed by atoms with van der Waals surface area (Å²) < 4.78 is 6.64. The average Bonchev–Trinajstić information content (AvgIpc) is 2.85. The molecule has 0 aliphatic heterocycles. The van der Waals surface area contributed by atoms with Crippen LogP contribution in [0, 0.1) is 0 Å². The Morgan fingerprint density at radius 1 is 1.32 bits per heavy atom. The molecule has 0 fully saturated rings. The van der Waals surface area contributed by atoms with Crippen LogP contribution in [0.2, 0.25) is 0 Å². The van der Waals surface area contributed by atoms with Crippen LogP contribution >= 0.6 is 15.9 Å². The highest BCUT2D eigenvalue weighted by Crippen LogP contribution is 2.26. The molecule has 1 aromatic carbocycles. The lowest BCUT2D eigenvalue weighted by Gasteiger charge is -2.13. The third-order valence-corrected chi connectivity index (χ3v) is 3.41. The molecule has 2 aromatic rings. The van der Waals surface area contributed by atoms with Crippen LogP contribution in [0.1, 0.15) is 5.89 Å². The normalized spacial score (nSPS) is 11.2. The smallest absolute Gasteiger partial charge is 0.248 e. The van der Waals surface area contributed by atoms with Crippen LogP contribution in [-0.4, -0.2) is 42.3 Å². The maximum absolute atomic E-state index is 5.69. The minimum Gasteiger partial charge on any atom is -0.419 e. The number of benzene rings is 1. The van der Waals surface area contributed by atoms with Gasteiger partial charge in [-0.15, -0.1) is 10.2 Å². The number of rotatable bonds is 6. The second-order valence-electron chi connectivity index (χ2n) is 4.32. The quantitative estimate of drug-likeness (QED) is 0.882. The molecule has 102 valence electrons. The highest BCUT2D eigenvalue weighted by molar-refractivity contribution is 9.10. The second-order valence-corrected chi connectivity index (χ2v) is 5.18. The van der Waals surface area contributed by atoms with Crippen LogP contribution in [0.4, 0.5) is 0 Å². The van der Waals surface area contributed by atoms with Gasteiger partial charge in [0.1, 0.15) is 0 Å². The summed E-state index contributed by atoms with van der Waals surface area (Å²) in [4.78, 5) is 2.13. The van der Waals surface area contributed by atoms with Crippen LogP contribution < -0.4 is 5.32 Å². The van der Waals surface area contributed by atoms with E-state index in [1.165, 1.54) is 0 Å². The lowest BCUT2D eigenvalue weighted by Crippen LogP contribution is -2.27. The van der Waals surface area contributed by atoms with Crippen molar-refractivity contribution in [2.45, 2.75) is 6.54 Å². The van der Waals surface area contributed by atoms with Gasteiger partial charge in [0.15, 0.2) is 0 Å². The molecule has 0 bridgehead atoms. The predicted octanol–water partition coefficient (Wildman–Crippen LogP) is 2.15. The van der Waals surface area contributed by atoms with Crippen LogP contribution in [0.3, 0.4) is 0 Å². The van der Waals surface area contributed by atoms with E-state index in [-0.39, 0.29) is 0 Å². The first kappa shape index (κ1) is 14.2. The van der Waals surface area contributed by atoms with Crippen LogP contribution in [0.15, 0.2) is 33.2 Å². The molecule has 2 rings (SSSR count). The SMILES string of the molecule is CNCCN(C)Cc1nnc(-c2ccccc2Br)o1. The van der Waals surface area contributed by atoms with Gasteiger partial charge in [-0.25, -0.2) is 0 Å². The minimum atomic E-state index is 0.546. The molecule has 0 saturated carbocycles. The maximum Gasteiger partial charge on any atom is 0.248 e. The van der Waals surface area contributed by atoms with Crippen molar-refractivity contribution in [2.24, 2.45) is 0 Å². The number of hydrogen-bond acceptors (Lipinski definition) is 5. The summed E-state index contributed by atoms with van der Waals surface area (Å²) in [5.41, 5.74) is 0.916. The summed E-state index contributed by atoms with van der Waals surface area (Å²) in [5.74, 6) is 1.17. The van der Waals surface area contributed by atoms with E-state index in [9.17, 15) is 0 Å². The fraction of sp³-hybridized carbons (Fsp3) is 0.385. The van der Waals surface area contributed by atoms with E-state index >= 15 is 0 Å². The van der Waals surface area contributed by atoms with Gasteiger partial charge in [-0.05, 0) is 42.2 Å². The number of hydrogen-bond donors (Lipinski definition) is 1. The van der Waals surface area contributed by atoms with Gasteiger partial charge in [-0.3, -0.25) is 4.90 Å². The van der Waals surface area contributed by atoms with Gasteiger partial charge in [0.05, 0.1) is 12.1 Å². The monoisotopic (exact) mass is 324 g/mol. The van der Waals surface area contributed by atoms with Gasteiger partial charge in [0.25, 0.3) is 0 Å². The summed E-state index contributed by atoms with van der Waals surface area (Å²) in [6.07, 6.45) is 0. The van der Waals surface area contributed by atoms with Crippen molar-refractivity contribution >= 4 is 15.9 Å². The molecule has 0 radical (unpaired) electrons. The van der Waals surface area contributed by atoms with Gasteiger partial charge in [0, 0.05) is 17.6 Å². The Hall–Kier alpha value is -1.24. The Morgan fingerprint density at radius 2 is 2.11 bits per heavy atom. The number of aromatic nitrogens is 2. The molecule has 0 amide bonds. The molecule has 0 atom stereocenters. The number of nitrogens with one attached hydrogen (secondary N) is 1. The Bertz CT molecular complexity index is 529. The standard InChI is InChI=1S/C13H17BrN4O/c1-15-7-8-18(2)9-12-16-17-13(19-12)10-5-3-4-6-11(10)14/h3-6,15H,7-9H2,1-2H3. The molecule has 6 heteroatoms. The Labute approximate surface area is 121 Å². The molecular formula is C13H17BrN4O. The zero-order valence-corrected chi connectivity index (χ0v) is 12.6. The summed E-state index contributed by atoms with van der Waals surface area (Å²) >= 11 is 3.48. The van der Waals surface area contributed by atoms with Gasteiger partial charge in [-0.2, -0.15) is 0 Å². The third kappa shape index (κ3) is 3.86. The summed E-state index contributed by atoms with van der Waals surface area (Å²) in [6, 6.07) is 7.81. The second kappa shape index (κ2) is 6.79. The lowest BCUT2D eigenvalue weighted by atomic mass is 10.2. The highest BCUT2D eigenvalue weighted by atomic mass is 79.9. The van der Waals surface area contributed by atoms with Crippen molar-refractivity contribution in [2.75, 3.05) is 27.2 Å². The molecular weight excluding hydrogens is 308 g/mol. The number of likely N-dealkylation sites (N-methyl/N-ethyl adjacent to an activating group) is 2. The Balaban J connectivity index is 2.05. The van der Waals surface area contributed by atoms with E-state index in [0.717, 1.165) is 23.1 Å². The van der Waals surface area contributed by atoms with E-state index in [1.807, 2.05) is 38.4 Å². The van der Waals surface area contributed by atoms with E-state index in [2.05, 4.69) is 36.3 Å². The van der Waals surface area contributed by atoms with E-state index < -0.39 is 0 Å². The van der Waals surface area contributed by atoms with E-state index in [1.54, 1.807) is 0 Å². The van der Waals surface area contributed by atoms with Gasteiger partial charge < -0.3 is 9.73 Å². The van der Waals surface area contributed by atoms with Gasteiger partial charge in [0.2, 0.25) is 11.8 Å². The predicted molar refractivity (Wildman–Crippen MR) is 77.7 cm³/mol. The molecule has 0 unspecified atom stereocenters. The largest absolute Gasteiger partial charge is 0.419 e. The molecule has 1 N–H and O–H groups in total. The molecule has 0 aliphatic rings. The van der Waals surface area contributed by atoms with Crippen molar-refractivity contribution in [3.63, 3.8) is 0 Å².